The molecule has 0 saturated carbocycles. The predicted octanol–water partition coefficient (Wildman–Crippen LogP) is 4.00. The number of aromatic nitrogens is 3. The number of aliphatic hydroxyl groups is 1. The lowest BCUT2D eigenvalue weighted by Gasteiger charge is -2.11. The van der Waals surface area contributed by atoms with Gasteiger partial charge in [-0.15, -0.1) is 10.2 Å². The Labute approximate surface area is 138 Å². The summed E-state index contributed by atoms with van der Waals surface area (Å²) in [6.45, 7) is 0.228. The van der Waals surface area contributed by atoms with Gasteiger partial charge >= 0.3 is 0 Å². The highest BCUT2D eigenvalue weighted by atomic mass is 35.5. The minimum absolute atomic E-state index is 0.228. The van der Waals surface area contributed by atoms with E-state index in [1.165, 1.54) is 11.8 Å². The molecule has 2 rings (SSSR count). The first-order valence-electron chi connectivity index (χ1n) is 6.72. The van der Waals surface area contributed by atoms with E-state index in [0.29, 0.717) is 10.0 Å². The molecule has 114 valence electrons. The van der Waals surface area contributed by atoms with Gasteiger partial charge in [-0.3, -0.25) is 4.57 Å². The van der Waals surface area contributed by atoms with Crippen molar-refractivity contribution in [3.8, 4) is 5.69 Å². The molecular formula is C14H17Cl2N3OS. The molecule has 0 atom stereocenters. The first kappa shape index (κ1) is 16.6. The third kappa shape index (κ3) is 4.13. The zero-order valence-electron chi connectivity index (χ0n) is 11.7. The molecule has 0 aliphatic carbocycles. The fourth-order valence-corrected chi connectivity index (χ4v) is 3.07. The van der Waals surface area contributed by atoms with Gasteiger partial charge in [-0.2, -0.15) is 0 Å². The Balaban J connectivity index is 2.29. The van der Waals surface area contributed by atoms with Crippen molar-refractivity contribution in [2.24, 2.45) is 0 Å². The largest absolute Gasteiger partial charge is 0.396 e. The van der Waals surface area contributed by atoms with E-state index in [1.54, 1.807) is 6.07 Å². The van der Waals surface area contributed by atoms with Crippen LogP contribution in [0.4, 0.5) is 0 Å². The summed E-state index contributed by atoms with van der Waals surface area (Å²) in [6, 6.07) is 5.41. The predicted molar refractivity (Wildman–Crippen MR) is 87.8 cm³/mol. The summed E-state index contributed by atoms with van der Waals surface area (Å²) in [5.74, 6) is 0.876. The number of aryl methyl sites for hydroxylation is 1. The second kappa shape index (κ2) is 8.03. The average molecular weight is 346 g/mol. The van der Waals surface area contributed by atoms with Gasteiger partial charge in [0.15, 0.2) is 5.16 Å². The van der Waals surface area contributed by atoms with Crippen LogP contribution in [0.5, 0.6) is 0 Å². The summed E-state index contributed by atoms with van der Waals surface area (Å²) in [4.78, 5) is 0. The molecule has 0 aliphatic heterocycles. The molecule has 1 aromatic carbocycles. The van der Waals surface area contributed by atoms with Gasteiger partial charge in [-0.25, -0.2) is 0 Å². The van der Waals surface area contributed by atoms with Gasteiger partial charge in [0, 0.05) is 18.1 Å². The topological polar surface area (TPSA) is 50.9 Å². The first-order chi connectivity index (χ1) is 10.2. The maximum absolute atomic E-state index is 8.83. The summed E-state index contributed by atoms with van der Waals surface area (Å²) >= 11 is 13.8. The molecule has 2 aromatic rings. The molecule has 0 spiro atoms. The van der Waals surface area contributed by atoms with Crippen LogP contribution in [0.1, 0.15) is 25.1 Å². The van der Waals surface area contributed by atoms with Gasteiger partial charge in [-0.05, 0) is 37.3 Å². The molecule has 21 heavy (non-hydrogen) atoms. The number of rotatable bonds is 7. The van der Waals surface area contributed by atoms with Crippen LogP contribution in [0.15, 0.2) is 23.4 Å². The van der Waals surface area contributed by atoms with Gasteiger partial charge in [0.2, 0.25) is 0 Å². The van der Waals surface area contributed by atoms with Crippen molar-refractivity contribution >= 4 is 35.0 Å². The van der Waals surface area contributed by atoms with E-state index in [9.17, 15) is 0 Å². The molecule has 0 bridgehead atoms. The van der Waals surface area contributed by atoms with Crippen molar-refractivity contribution in [3.05, 3.63) is 34.1 Å². The number of aliphatic hydroxyl groups excluding tert-OH is 1. The summed E-state index contributed by atoms with van der Waals surface area (Å²) in [5.41, 5.74) is 0.840. The summed E-state index contributed by atoms with van der Waals surface area (Å²) in [5, 5.41) is 19.3. The average Bonchev–Trinajstić information content (AvgIpc) is 2.86. The molecule has 0 saturated heterocycles. The third-order valence-corrected chi connectivity index (χ3v) is 4.26. The van der Waals surface area contributed by atoms with E-state index in [4.69, 9.17) is 28.3 Å². The highest BCUT2D eigenvalue weighted by molar-refractivity contribution is 7.98. The summed E-state index contributed by atoms with van der Waals surface area (Å²) < 4.78 is 1.97. The molecule has 0 unspecified atom stereocenters. The molecule has 0 amide bonds. The third-order valence-electron chi connectivity index (χ3n) is 3.09. The molecule has 4 nitrogen and oxygen atoms in total. The molecule has 1 aromatic heterocycles. The van der Waals surface area contributed by atoms with E-state index in [1.807, 2.05) is 23.0 Å². The number of benzene rings is 1. The summed E-state index contributed by atoms with van der Waals surface area (Å²) in [6.07, 6.45) is 5.49. The maximum atomic E-state index is 8.83. The molecule has 1 heterocycles. The van der Waals surface area contributed by atoms with Gasteiger partial charge < -0.3 is 5.11 Å². The van der Waals surface area contributed by atoms with Crippen LogP contribution in [0.25, 0.3) is 5.69 Å². The lowest BCUT2D eigenvalue weighted by molar-refractivity contribution is 0.283. The van der Waals surface area contributed by atoms with Crippen molar-refractivity contribution in [3.63, 3.8) is 0 Å². The fourth-order valence-electron chi connectivity index (χ4n) is 2.07. The van der Waals surface area contributed by atoms with Gasteiger partial charge in [0.25, 0.3) is 0 Å². The Morgan fingerprint density at radius 2 is 2.00 bits per heavy atom. The number of hydrogen-bond donors (Lipinski definition) is 1. The van der Waals surface area contributed by atoms with Crippen LogP contribution in [-0.4, -0.2) is 32.7 Å². The molecule has 0 fully saturated rings. The van der Waals surface area contributed by atoms with E-state index in [2.05, 4.69) is 10.2 Å². The Morgan fingerprint density at radius 3 is 2.67 bits per heavy atom. The monoisotopic (exact) mass is 345 g/mol. The van der Waals surface area contributed by atoms with Crippen molar-refractivity contribution < 1.29 is 5.11 Å². The number of thioether (sulfide) groups is 1. The van der Waals surface area contributed by atoms with Crippen molar-refractivity contribution in [2.45, 2.75) is 30.8 Å². The van der Waals surface area contributed by atoms with E-state index in [-0.39, 0.29) is 6.61 Å². The fraction of sp³-hybridized carbons (Fsp3) is 0.429. The molecular weight excluding hydrogens is 329 g/mol. The SMILES string of the molecule is CSc1nnc(CCCCCO)n1-c1ccc(Cl)cc1Cl. The Bertz CT molecular complexity index is 604. The first-order valence-corrected chi connectivity index (χ1v) is 8.70. The van der Waals surface area contributed by atoms with Crippen LogP contribution in [0.3, 0.4) is 0 Å². The number of nitrogens with zero attached hydrogens (tertiary/aromatic N) is 3. The minimum atomic E-state index is 0.228. The zero-order chi connectivity index (χ0) is 15.2. The van der Waals surface area contributed by atoms with E-state index < -0.39 is 0 Å². The van der Waals surface area contributed by atoms with E-state index >= 15 is 0 Å². The van der Waals surface area contributed by atoms with Crippen LogP contribution in [0, 0.1) is 0 Å². The second-order valence-electron chi connectivity index (χ2n) is 4.57. The van der Waals surface area contributed by atoms with Crippen molar-refractivity contribution in [1.29, 1.82) is 0 Å². The number of unbranched alkanes of at least 4 members (excludes halogenated alkanes) is 2. The van der Waals surface area contributed by atoms with Gasteiger partial charge in [0.1, 0.15) is 5.82 Å². The number of halogens is 2. The van der Waals surface area contributed by atoms with Gasteiger partial charge in [0.05, 0.1) is 10.7 Å². The van der Waals surface area contributed by atoms with E-state index in [0.717, 1.165) is 42.4 Å². The second-order valence-corrected chi connectivity index (χ2v) is 6.19. The highest BCUT2D eigenvalue weighted by Gasteiger charge is 2.15. The zero-order valence-corrected chi connectivity index (χ0v) is 14.0. The van der Waals surface area contributed by atoms with Crippen LogP contribution >= 0.6 is 35.0 Å². The smallest absolute Gasteiger partial charge is 0.195 e. The summed E-state index contributed by atoms with van der Waals surface area (Å²) in [7, 11) is 0. The maximum Gasteiger partial charge on any atom is 0.195 e. The Kier molecular flexibility index (Phi) is 6.36. The molecule has 0 aliphatic rings. The normalized spacial score (nSPS) is 11.0. The lowest BCUT2D eigenvalue weighted by Crippen LogP contribution is -2.04. The Hall–Kier alpha value is -0.750. The van der Waals surface area contributed by atoms with Crippen LogP contribution < -0.4 is 0 Å². The van der Waals surface area contributed by atoms with Crippen LogP contribution in [-0.2, 0) is 6.42 Å². The minimum Gasteiger partial charge on any atom is -0.396 e. The molecule has 7 heteroatoms. The highest BCUT2D eigenvalue weighted by Crippen LogP contribution is 2.29. The quantitative estimate of drug-likeness (QED) is 0.608. The molecule has 1 N–H and O–H groups in total. The van der Waals surface area contributed by atoms with Gasteiger partial charge in [-0.1, -0.05) is 41.4 Å². The molecule has 0 radical (unpaired) electrons. The van der Waals surface area contributed by atoms with Crippen LogP contribution in [0.2, 0.25) is 10.0 Å². The standard InChI is InChI=1S/C14H17Cl2N3OS/c1-21-14-18-17-13(5-3-2-4-8-20)19(14)12-7-6-10(15)9-11(12)16/h6-7,9,20H,2-5,8H2,1H3. The van der Waals surface area contributed by atoms with Crippen molar-refractivity contribution in [2.75, 3.05) is 12.9 Å². The lowest BCUT2D eigenvalue weighted by atomic mass is 10.2. The number of hydrogen-bond acceptors (Lipinski definition) is 4. The van der Waals surface area contributed by atoms with Crippen molar-refractivity contribution in [1.82, 2.24) is 14.8 Å². The Morgan fingerprint density at radius 1 is 1.19 bits per heavy atom.